The second-order valence-electron chi connectivity index (χ2n) is 1.47. The van der Waals surface area contributed by atoms with E-state index in [1.165, 1.54) is 0 Å². The molecule has 0 fully saturated rings. The number of rotatable bonds is 2. The minimum absolute atomic E-state index is 0.00491. The maximum absolute atomic E-state index is 8.36. The lowest BCUT2D eigenvalue weighted by Gasteiger charge is -1.80. The molecule has 0 aliphatic rings. The third kappa shape index (κ3) is 42.1. The van der Waals surface area contributed by atoms with Crippen molar-refractivity contribution in [3.8, 4) is 0 Å². The lowest BCUT2D eigenvalue weighted by molar-refractivity contribution is -0.742. The van der Waals surface area contributed by atoms with Gasteiger partial charge in [-0.3, -0.25) is 0 Å². The number of hydrogen-bond donors (Lipinski definition) is 3. The van der Waals surface area contributed by atoms with Gasteiger partial charge in [-0.1, -0.05) is 6.92 Å². The Morgan fingerprint density at radius 1 is 1.75 bits per heavy atom. The molecule has 0 saturated carbocycles. The molecular formula is C4H11N5O3. The van der Waals surface area contributed by atoms with Gasteiger partial charge in [-0.25, -0.2) is 0 Å². The predicted octanol–water partition coefficient (Wildman–Crippen LogP) is -0.692. The van der Waals surface area contributed by atoms with Gasteiger partial charge in [0, 0.05) is 6.21 Å². The van der Waals surface area contributed by atoms with Gasteiger partial charge in [-0.2, -0.15) is 5.10 Å². The Kier molecular flexibility index (Phi) is 9.74. The van der Waals surface area contributed by atoms with Crippen molar-refractivity contribution in [2.75, 3.05) is 0 Å². The molecule has 0 unspecified atom stereocenters. The third-order valence-corrected chi connectivity index (χ3v) is 0.437. The number of nitrogens with two attached hydrogens (primary N) is 2. The lowest BCUT2D eigenvalue weighted by Crippen LogP contribution is -2.21. The summed E-state index contributed by atoms with van der Waals surface area (Å²) in [4.78, 5) is 8.36. The molecule has 0 heterocycles. The Hall–Kier alpha value is -1.86. The maximum atomic E-state index is 8.36. The Labute approximate surface area is 68.7 Å². The summed E-state index contributed by atoms with van der Waals surface area (Å²) in [7, 11) is 0. The Balaban J connectivity index is 0. The van der Waals surface area contributed by atoms with E-state index in [-0.39, 0.29) is 5.96 Å². The molecule has 12 heavy (non-hydrogen) atoms. The van der Waals surface area contributed by atoms with E-state index >= 15 is 0 Å². The predicted molar refractivity (Wildman–Crippen MR) is 43.4 cm³/mol. The maximum Gasteiger partial charge on any atom is 0.291 e. The molecule has 8 heteroatoms. The van der Waals surface area contributed by atoms with Crippen LogP contribution in [0.2, 0.25) is 0 Å². The van der Waals surface area contributed by atoms with Crippen molar-refractivity contribution in [1.29, 1.82) is 0 Å². The van der Waals surface area contributed by atoms with Crippen LogP contribution in [0.4, 0.5) is 0 Å². The minimum Gasteiger partial charge on any atom is -0.369 e. The first kappa shape index (κ1) is 12.8. The summed E-state index contributed by atoms with van der Waals surface area (Å²) in [6.45, 7) is 1.95. The zero-order valence-corrected chi connectivity index (χ0v) is 6.54. The standard InChI is InChI=1S/C4H10N4.HNO3/c1-2-3-7-8-4(5)6;2-1(3)4/h3H,2H2,1H3,(H4,5,6,8);(H,2,3,4). The first-order chi connectivity index (χ1) is 5.50. The van der Waals surface area contributed by atoms with Crippen LogP contribution < -0.4 is 11.5 Å². The van der Waals surface area contributed by atoms with Crippen LogP contribution in [0.25, 0.3) is 0 Å². The van der Waals surface area contributed by atoms with E-state index in [4.69, 9.17) is 26.8 Å². The molecule has 0 aromatic rings. The number of hydrogen-bond acceptors (Lipinski definition) is 4. The van der Waals surface area contributed by atoms with Gasteiger partial charge in [0.05, 0.1) is 0 Å². The van der Waals surface area contributed by atoms with E-state index < -0.39 is 5.09 Å². The van der Waals surface area contributed by atoms with Crippen LogP contribution in [0.1, 0.15) is 13.3 Å². The van der Waals surface area contributed by atoms with E-state index in [1.54, 1.807) is 6.21 Å². The van der Waals surface area contributed by atoms with Gasteiger partial charge < -0.3 is 16.7 Å². The van der Waals surface area contributed by atoms with Crippen molar-refractivity contribution >= 4 is 12.2 Å². The quantitative estimate of drug-likeness (QED) is 0.221. The summed E-state index contributed by atoms with van der Waals surface area (Å²) in [6.07, 6.45) is 2.47. The van der Waals surface area contributed by atoms with Crippen LogP contribution in [-0.2, 0) is 0 Å². The molecule has 0 aromatic carbocycles. The highest BCUT2D eigenvalue weighted by Gasteiger charge is 1.70. The molecular weight excluding hydrogens is 166 g/mol. The van der Waals surface area contributed by atoms with Crippen molar-refractivity contribution in [1.82, 2.24) is 0 Å². The largest absolute Gasteiger partial charge is 0.369 e. The Bertz CT molecular complexity index is 170. The molecule has 0 amide bonds. The second-order valence-corrected chi connectivity index (χ2v) is 1.47. The van der Waals surface area contributed by atoms with Gasteiger partial charge in [0.1, 0.15) is 0 Å². The highest BCUT2D eigenvalue weighted by molar-refractivity contribution is 5.76. The van der Waals surface area contributed by atoms with Gasteiger partial charge >= 0.3 is 0 Å². The monoisotopic (exact) mass is 177 g/mol. The zero-order valence-electron chi connectivity index (χ0n) is 6.54. The molecule has 0 aromatic heterocycles. The summed E-state index contributed by atoms with van der Waals surface area (Å²) < 4.78 is 0. The molecule has 0 rings (SSSR count). The summed E-state index contributed by atoms with van der Waals surface area (Å²) in [5.74, 6) is -0.00491. The molecule has 0 spiro atoms. The average molecular weight is 177 g/mol. The first-order valence-corrected chi connectivity index (χ1v) is 2.94. The van der Waals surface area contributed by atoms with Crippen molar-refractivity contribution in [2.45, 2.75) is 13.3 Å². The summed E-state index contributed by atoms with van der Waals surface area (Å²) in [6, 6.07) is 0. The van der Waals surface area contributed by atoms with Gasteiger partial charge in [-0.05, 0) is 6.42 Å². The smallest absolute Gasteiger partial charge is 0.291 e. The molecule has 0 bridgehead atoms. The van der Waals surface area contributed by atoms with Gasteiger partial charge in [0.2, 0.25) is 5.96 Å². The van der Waals surface area contributed by atoms with E-state index in [9.17, 15) is 0 Å². The fraction of sp³-hybridized carbons (Fsp3) is 0.500. The van der Waals surface area contributed by atoms with Crippen LogP contribution >= 0.6 is 0 Å². The molecule has 5 N–H and O–H groups in total. The summed E-state index contributed by atoms with van der Waals surface area (Å²) >= 11 is 0. The van der Waals surface area contributed by atoms with Crippen molar-refractivity contribution in [3.63, 3.8) is 0 Å². The number of nitrogens with zero attached hydrogens (tertiary/aromatic N) is 3. The van der Waals surface area contributed by atoms with E-state index in [1.807, 2.05) is 6.92 Å². The average Bonchev–Trinajstić information content (AvgIpc) is 1.86. The molecule has 70 valence electrons. The molecule has 0 aliphatic heterocycles. The summed E-state index contributed by atoms with van der Waals surface area (Å²) in [5, 5.41) is 20.5. The molecule has 0 atom stereocenters. The summed E-state index contributed by atoms with van der Waals surface area (Å²) in [5.41, 5.74) is 9.89. The van der Waals surface area contributed by atoms with Crippen LogP contribution in [0.3, 0.4) is 0 Å². The highest BCUT2D eigenvalue weighted by Crippen LogP contribution is 1.69. The minimum atomic E-state index is -1.50. The first-order valence-electron chi connectivity index (χ1n) is 2.94. The number of guanidine groups is 1. The van der Waals surface area contributed by atoms with Crippen molar-refractivity contribution < 1.29 is 10.3 Å². The molecule has 0 aliphatic carbocycles. The normalized spacial score (nSPS) is 8.42. The fourth-order valence-corrected chi connectivity index (χ4v) is 0.189. The van der Waals surface area contributed by atoms with E-state index in [0.717, 1.165) is 6.42 Å². The van der Waals surface area contributed by atoms with Crippen LogP contribution in [-0.4, -0.2) is 22.5 Å². The van der Waals surface area contributed by atoms with Crippen molar-refractivity contribution in [3.05, 3.63) is 10.1 Å². The highest BCUT2D eigenvalue weighted by atomic mass is 16.9. The van der Waals surface area contributed by atoms with E-state index in [2.05, 4.69) is 10.2 Å². The zero-order chi connectivity index (χ0) is 9.98. The van der Waals surface area contributed by atoms with Gasteiger partial charge in [0.25, 0.3) is 5.09 Å². The lowest BCUT2D eigenvalue weighted by atomic mass is 10.6. The second kappa shape index (κ2) is 9.14. The molecule has 8 nitrogen and oxygen atoms in total. The van der Waals surface area contributed by atoms with E-state index in [0.29, 0.717) is 0 Å². The van der Waals surface area contributed by atoms with Crippen LogP contribution in [0, 0.1) is 10.1 Å². The van der Waals surface area contributed by atoms with Crippen LogP contribution in [0.5, 0.6) is 0 Å². The topological polar surface area (TPSA) is 140 Å². The van der Waals surface area contributed by atoms with Crippen molar-refractivity contribution in [2.24, 2.45) is 21.7 Å². The Morgan fingerprint density at radius 3 is 2.42 bits per heavy atom. The Morgan fingerprint density at radius 2 is 2.17 bits per heavy atom. The van der Waals surface area contributed by atoms with Gasteiger partial charge in [0.15, 0.2) is 0 Å². The fourth-order valence-electron chi connectivity index (χ4n) is 0.189. The molecule has 0 radical (unpaired) electrons. The third-order valence-electron chi connectivity index (χ3n) is 0.437. The van der Waals surface area contributed by atoms with Gasteiger partial charge in [-0.15, -0.1) is 15.2 Å². The SMILES string of the molecule is CCC=NN=C(N)N.O=[N+]([O-])O. The van der Waals surface area contributed by atoms with Crippen LogP contribution in [0.15, 0.2) is 10.2 Å². The molecule has 0 saturated heterocycles.